The van der Waals surface area contributed by atoms with E-state index in [2.05, 4.69) is 28.5 Å². The molecule has 3 aromatic rings. The first kappa shape index (κ1) is 12.6. The SMILES string of the molecule is Cc1ccc2sc(Nc3cccc(C(N)=O)c3)nc2c1. The van der Waals surface area contributed by atoms with Crippen molar-refractivity contribution in [2.75, 3.05) is 5.32 Å². The van der Waals surface area contributed by atoms with Crippen LogP contribution in [0.25, 0.3) is 10.2 Å². The van der Waals surface area contributed by atoms with E-state index < -0.39 is 5.91 Å². The lowest BCUT2D eigenvalue weighted by molar-refractivity contribution is 0.100. The molecular formula is C15H13N3OS. The number of anilines is 2. The second-order valence-corrected chi connectivity index (χ2v) is 5.59. The smallest absolute Gasteiger partial charge is 0.248 e. The van der Waals surface area contributed by atoms with E-state index in [4.69, 9.17) is 5.73 Å². The molecule has 5 heteroatoms. The highest BCUT2D eigenvalue weighted by molar-refractivity contribution is 7.22. The molecule has 3 rings (SSSR count). The maximum atomic E-state index is 11.2. The lowest BCUT2D eigenvalue weighted by atomic mass is 10.2. The number of nitrogens with one attached hydrogen (secondary N) is 1. The zero-order chi connectivity index (χ0) is 14.1. The van der Waals surface area contributed by atoms with Gasteiger partial charge in [0, 0.05) is 11.3 Å². The van der Waals surface area contributed by atoms with Crippen LogP contribution in [0.5, 0.6) is 0 Å². The summed E-state index contributed by atoms with van der Waals surface area (Å²) in [5.41, 5.74) is 8.72. The molecule has 100 valence electrons. The highest BCUT2D eigenvalue weighted by Gasteiger charge is 2.06. The first-order valence-corrected chi connectivity index (χ1v) is 6.97. The third-order valence-corrected chi connectivity index (χ3v) is 3.89. The summed E-state index contributed by atoms with van der Waals surface area (Å²) >= 11 is 1.58. The molecule has 0 saturated heterocycles. The Bertz CT molecular complexity index is 795. The number of benzene rings is 2. The molecular weight excluding hydrogens is 270 g/mol. The van der Waals surface area contributed by atoms with Gasteiger partial charge in [0.05, 0.1) is 10.2 Å². The summed E-state index contributed by atoms with van der Waals surface area (Å²) in [7, 11) is 0. The van der Waals surface area contributed by atoms with Gasteiger partial charge in [-0.2, -0.15) is 0 Å². The standard InChI is InChI=1S/C15H13N3OS/c1-9-5-6-13-12(7-9)18-15(20-13)17-11-4-2-3-10(8-11)14(16)19/h2-8H,1H3,(H2,16,19)(H,17,18). The highest BCUT2D eigenvalue weighted by atomic mass is 32.1. The van der Waals surface area contributed by atoms with Gasteiger partial charge >= 0.3 is 0 Å². The van der Waals surface area contributed by atoms with Crippen LogP contribution in [-0.2, 0) is 0 Å². The van der Waals surface area contributed by atoms with Gasteiger partial charge in [-0.15, -0.1) is 0 Å². The summed E-state index contributed by atoms with van der Waals surface area (Å²) in [4.78, 5) is 15.7. The van der Waals surface area contributed by atoms with E-state index in [0.29, 0.717) is 5.56 Å². The lowest BCUT2D eigenvalue weighted by Gasteiger charge is -2.03. The molecule has 0 radical (unpaired) electrons. The quantitative estimate of drug-likeness (QED) is 0.773. The monoisotopic (exact) mass is 283 g/mol. The van der Waals surface area contributed by atoms with Gasteiger partial charge in [-0.1, -0.05) is 23.5 Å². The van der Waals surface area contributed by atoms with Crippen molar-refractivity contribution in [3.63, 3.8) is 0 Å². The van der Waals surface area contributed by atoms with Crippen LogP contribution in [0.2, 0.25) is 0 Å². The molecule has 0 aliphatic carbocycles. The van der Waals surface area contributed by atoms with Gasteiger partial charge in [0.2, 0.25) is 5.91 Å². The van der Waals surface area contributed by atoms with E-state index in [1.54, 1.807) is 29.5 Å². The van der Waals surface area contributed by atoms with Crippen molar-refractivity contribution in [3.05, 3.63) is 53.6 Å². The summed E-state index contributed by atoms with van der Waals surface area (Å²) in [6, 6.07) is 13.3. The molecule has 20 heavy (non-hydrogen) atoms. The fraction of sp³-hybridized carbons (Fsp3) is 0.0667. The largest absolute Gasteiger partial charge is 0.366 e. The zero-order valence-corrected chi connectivity index (χ0v) is 11.7. The number of aryl methyl sites for hydroxylation is 1. The Morgan fingerprint density at radius 3 is 2.90 bits per heavy atom. The number of rotatable bonds is 3. The number of carbonyl (C=O) groups excluding carboxylic acids is 1. The second-order valence-electron chi connectivity index (χ2n) is 4.56. The first-order chi connectivity index (χ1) is 9.61. The Kier molecular flexibility index (Phi) is 3.12. The fourth-order valence-electron chi connectivity index (χ4n) is 1.96. The molecule has 0 unspecified atom stereocenters. The fourth-order valence-corrected chi connectivity index (χ4v) is 2.83. The molecule has 0 saturated carbocycles. The van der Waals surface area contributed by atoms with Crippen molar-refractivity contribution in [3.8, 4) is 0 Å². The maximum Gasteiger partial charge on any atom is 0.248 e. The minimum Gasteiger partial charge on any atom is -0.366 e. The van der Waals surface area contributed by atoms with E-state index in [0.717, 1.165) is 21.0 Å². The Morgan fingerprint density at radius 1 is 1.25 bits per heavy atom. The number of carbonyl (C=O) groups is 1. The van der Waals surface area contributed by atoms with Gasteiger partial charge in [0.25, 0.3) is 0 Å². The molecule has 1 amide bonds. The summed E-state index contributed by atoms with van der Waals surface area (Å²) < 4.78 is 1.13. The van der Waals surface area contributed by atoms with Crippen molar-refractivity contribution >= 4 is 38.3 Å². The van der Waals surface area contributed by atoms with Gasteiger partial charge in [0.1, 0.15) is 0 Å². The highest BCUT2D eigenvalue weighted by Crippen LogP contribution is 2.29. The minimum absolute atomic E-state index is 0.437. The van der Waals surface area contributed by atoms with E-state index in [1.165, 1.54) is 5.56 Å². The second kappa shape index (κ2) is 4.94. The van der Waals surface area contributed by atoms with Crippen molar-refractivity contribution < 1.29 is 4.79 Å². The topological polar surface area (TPSA) is 68.0 Å². The molecule has 0 bridgehead atoms. The van der Waals surface area contributed by atoms with Crippen molar-refractivity contribution in [1.29, 1.82) is 0 Å². The average Bonchev–Trinajstić information content (AvgIpc) is 2.80. The molecule has 0 fully saturated rings. The number of thiazole rings is 1. The van der Waals surface area contributed by atoms with Crippen molar-refractivity contribution in [2.24, 2.45) is 5.73 Å². The van der Waals surface area contributed by atoms with E-state index in [1.807, 2.05) is 13.0 Å². The van der Waals surface area contributed by atoms with Crippen LogP contribution in [0.15, 0.2) is 42.5 Å². The third kappa shape index (κ3) is 2.48. The van der Waals surface area contributed by atoms with Crippen molar-refractivity contribution in [2.45, 2.75) is 6.92 Å². The zero-order valence-electron chi connectivity index (χ0n) is 10.9. The maximum absolute atomic E-state index is 11.2. The van der Waals surface area contributed by atoms with Gasteiger partial charge in [-0.3, -0.25) is 4.79 Å². The van der Waals surface area contributed by atoms with Gasteiger partial charge in [0.15, 0.2) is 5.13 Å². The van der Waals surface area contributed by atoms with E-state index in [9.17, 15) is 4.79 Å². The van der Waals surface area contributed by atoms with Crippen molar-refractivity contribution in [1.82, 2.24) is 4.98 Å². The summed E-state index contributed by atoms with van der Waals surface area (Å²) in [6.07, 6.45) is 0. The van der Waals surface area contributed by atoms with Crippen LogP contribution in [0, 0.1) is 6.92 Å². The molecule has 0 aliphatic rings. The molecule has 2 aromatic carbocycles. The normalized spacial score (nSPS) is 10.7. The summed E-state index contributed by atoms with van der Waals surface area (Å²) in [5, 5.41) is 4.01. The van der Waals surface area contributed by atoms with Gasteiger partial charge in [-0.05, 0) is 42.8 Å². The molecule has 1 heterocycles. The average molecular weight is 283 g/mol. The number of hydrogen-bond acceptors (Lipinski definition) is 4. The summed E-state index contributed by atoms with van der Waals surface area (Å²) in [6.45, 7) is 2.04. The lowest BCUT2D eigenvalue weighted by Crippen LogP contribution is -2.10. The number of nitrogens with two attached hydrogens (primary N) is 1. The Morgan fingerprint density at radius 2 is 2.10 bits per heavy atom. The number of nitrogens with zero attached hydrogens (tertiary/aromatic N) is 1. The van der Waals surface area contributed by atoms with E-state index >= 15 is 0 Å². The number of aromatic nitrogens is 1. The third-order valence-electron chi connectivity index (χ3n) is 2.94. The minimum atomic E-state index is -0.437. The first-order valence-electron chi connectivity index (χ1n) is 6.16. The summed E-state index contributed by atoms with van der Waals surface area (Å²) in [5.74, 6) is -0.437. The van der Waals surface area contributed by atoms with Crippen LogP contribution < -0.4 is 11.1 Å². The predicted octanol–water partition coefficient (Wildman–Crippen LogP) is 3.45. The molecule has 1 aromatic heterocycles. The molecule has 0 aliphatic heterocycles. The Balaban J connectivity index is 1.92. The van der Waals surface area contributed by atoms with E-state index in [-0.39, 0.29) is 0 Å². The number of primary amides is 1. The van der Waals surface area contributed by atoms with Crippen LogP contribution in [0.1, 0.15) is 15.9 Å². The van der Waals surface area contributed by atoms with Gasteiger partial charge < -0.3 is 11.1 Å². The number of amides is 1. The van der Waals surface area contributed by atoms with Crippen LogP contribution in [0.3, 0.4) is 0 Å². The number of hydrogen-bond donors (Lipinski definition) is 2. The number of fused-ring (bicyclic) bond motifs is 1. The molecule has 0 atom stereocenters. The molecule has 3 N–H and O–H groups in total. The van der Waals surface area contributed by atoms with Crippen LogP contribution in [0.4, 0.5) is 10.8 Å². The van der Waals surface area contributed by atoms with Crippen LogP contribution >= 0.6 is 11.3 Å². The Labute approximate surface area is 120 Å². The predicted molar refractivity (Wildman–Crippen MR) is 82.6 cm³/mol. The van der Waals surface area contributed by atoms with Gasteiger partial charge in [-0.25, -0.2) is 4.98 Å². The molecule has 0 spiro atoms. The Hall–Kier alpha value is -2.40. The molecule has 4 nitrogen and oxygen atoms in total. The van der Waals surface area contributed by atoms with Crippen LogP contribution in [-0.4, -0.2) is 10.9 Å².